The summed E-state index contributed by atoms with van der Waals surface area (Å²) in [6.07, 6.45) is 3.27. The van der Waals surface area contributed by atoms with Gasteiger partial charge in [-0.05, 0) is 43.7 Å². The highest BCUT2D eigenvalue weighted by Crippen LogP contribution is 2.37. The summed E-state index contributed by atoms with van der Waals surface area (Å²) in [6, 6.07) is 14.2. The molecule has 0 radical (unpaired) electrons. The Morgan fingerprint density at radius 1 is 1.12 bits per heavy atom. The fourth-order valence-corrected chi connectivity index (χ4v) is 5.91. The van der Waals surface area contributed by atoms with Gasteiger partial charge in [-0.25, -0.2) is 8.42 Å². The number of aromatic nitrogens is 3. The van der Waals surface area contributed by atoms with Crippen LogP contribution in [0.4, 0.5) is 5.69 Å². The van der Waals surface area contributed by atoms with Gasteiger partial charge in [0.05, 0.1) is 23.8 Å². The molecule has 0 unspecified atom stereocenters. The van der Waals surface area contributed by atoms with Gasteiger partial charge in [0.15, 0.2) is 5.69 Å². The molecular formula is C28H28N6O7S. The Balaban J connectivity index is 1.58. The minimum Gasteiger partial charge on any atom is -0.437 e. The lowest BCUT2D eigenvalue weighted by Gasteiger charge is -2.26. The second kappa shape index (κ2) is 12.1. The second-order valence-corrected chi connectivity index (χ2v) is 11.5. The first-order chi connectivity index (χ1) is 20.1. The monoisotopic (exact) mass is 592 g/mol. The SMILES string of the molecule is Cc1ccc(-n2nc(C(=O)NCc3cccnc3)c(C)c2Oc2ccc([N+](=O)[O-])cc2S(=O)(=O)N2CCOCC2)cc1. The smallest absolute Gasteiger partial charge is 0.272 e. The van der Waals surface area contributed by atoms with Crippen LogP contribution >= 0.6 is 0 Å². The van der Waals surface area contributed by atoms with Crippen LogP contribution in [-0.2, 0) is 21.3 Å². The molecule has 5 rings (SSSR count). The number of carbonyl (C=O) groups is 1. The highest BCUT2D eigenvalue weighted by Gasteiger charge is 2.32. The van der Waals surface area contributed by atoms with E-state index < -0.39 is 26.5 Å². The molecule has 1 amide bonds. The molecule has 218 valence electrons. The largest absolute Gasteiger partial charge is 0.437 e. The molecule has 0 bridgehead atoms. The number of hydrogen-bond acceptors (Lipinski definition) is 9. The Hall–Kier alpha value is -4.66. The van der Waals surface area contributed by atoms with Crippen molar-refractivity contribution >= 4 is 21.6 Å². The van der Waals surface area contributed by atoms with Crippen LogP contribution in [0.5, 0.6) is 11.6 Å². The molecule has 13 nitrogen and oxygen atoms in total. The first-order valence-corrected chi connectivity index (χ1v) is 14.5. The molecule has 1 N–H and O–H groups in total. The van der Waals surface area contributed by atoms with Crippen LogP contribution in [0.15, 0.2) is 71.9 Å². The molecule has 0 aliphatic carbocycles. The quantitative estimate of drug-likeness (QED) is 0.227. The number of morpholine rings is 1. The van der Waals surface area contributed by atoms with Crippen LogP contribution in [0, 0.1) is 24.0 Å². The van der Waals surface area contributed by atoms with Crippen molar-refractivity contribution in [1.82, 2.24) is 24.4 Å². The number of hydrogen-bond donors (Lipinski definition) is 1. The summed E-state index contributed by atoms with van der Waals surface area (Å²) in [5, 5.41) is 18.9. The third-order valence-corrected chi connectivity index (χ3v) is 8.59. The van der Waals surface area contributed by atoms with E-state index in [-0.39, 0.29) is 55.1 Å². The molecule has 1 saturated heterocycles. The number of ether oxygens (including phenoxy) is 2. The van der Waals surface area contributed by atoms with Gasteiger partial charge in [0, 0.05) is 49.7 Å². The molecular weight excluding hydrogens is 564 g/mol. The van der Waals surface area contributed by atoms with E-state index in [0.717, 1.165) is 23.3 Å². The number of nitro groups is 1. The second-order valence-electron chi connectivity index (χ2n) is 9.58. The zero-order valence-electron chi connectivity index (χ0n) is 22.9. The Labute approximate surface area is 241 Å². The van der Waals surface area contributed by atoms with Crippen molar-refractivity contribution in [3.63, 3.8) is 0 Å². The summed E-state index contributed by atoms with van der Waals surface area (Å²) >= 11 is 0. The van der Waals surface area contributed by atoms with Crippen LogP contribution < -0.4 is 10.1 Å². The number of nitrogens with zero attached hydrogens (tertiary/aromatic N) is 5. The summed E-state index contributed by atoms with van der Waals surface area (Å²) in [7, 11) is -4.20. The predicted molar refractivity (Wildman–Crippen MR) is 151 cm³/mol. The Kier molecular flexibility index (Phi) is 8.29. The van der Waals surface area contributed by atoms with Crippen LogP contribution in [0.1, 0.15) is 27.2 Å². The topological polar surface area (TPSA) is 159 Å². The van der Waals surface area contributed by atoms with Gasteiger partial charge in [-0.3, -0.25) is 19.9 Å². The number of pyridine rings is 1. The lowest BCUT2D eigenvalue weighted by atomic mass is 10.2. The number of nitro benzene ring substituents is 1. The Morgan fingerprint density at radius 3 is 2.52 bits per heavy atom. The maximum Gasteiger partial charge on any atom is 0.272 e. The van der Waals surface area contributed by atoms with E-state index in [2.05, 4.69) is 15.4 Å². The van der Waals surface area contributed by atoms with Crippen molar-refractivity contribution in [3.8, 4) is 17.3 Å². The first-order valence-electron chi connectivity index (χ1n) is 13.0. The van der Waals surface area contributed by atoms with Crippen molar-refractivity contribution in [2.24, 2.45) is 0 Å². The van der Waals surface area contributed by atoms with Gasteiger partial charge < -0.3 is 14.8 Å². The van der Waals surface area contributed by atoms with E-state index in [4.69, 9.17) is 9.47 Å². The third kappa shape index (κ3) is 6.00. The fourth-order valence-electron chi connectivity index (χ4n) is 4.37. The number of carbonyl (C=O) groups excluding carboxylic acids is 1. The summed E-state index contributed by atoms with van der Waals surface area (Å²) in [5.74, 6) is -0.541. The highest BCUT2D eigenvalue weighted by atomic mass is 32.2. The molecule has 0 atom stereocenters. The molecule has 3 heterocycles. The lowest BCUT2D eigenvalue weighted by Crippen LogP contribution is -2.40. The Bertz CT molecular complexity index is 1720. The molecule has 2 aromatic heterocycles. The molecule has 1 aliphatic rings. The zero-order chi connectivity index (χ0) is 29.9. The molecule has 42 heavy (non-hydrogen) atoms. The van der Waals surface area contributed by atoms with Gasteiger partial charge in [0.2, 0.25) is 15.9 Å². The summed E-state index contributed by atoms with van der Waals surface area (Å²) in [5.41, 5.74) is 2.34. The standard InChI is InChI=1S/C28H28N6O7S/c1-19-5-7-22(8-6-19)33-28(20(2)26(31-33)27(35)30-18-21-4-3-11-29-17-21)41-24-10-9-23(34(36)37)16-25(24)42(38,39)32-12-14-40-15-13-32/h3-11,16-17H,12-15,18H2,1-2H3,(H,30,35). The number of amides is 1. The first kappa shape index (κ1) is 28.9. The van der Waals surface area contributed by atoms with Crippen molar-refractivity contribution in [2.75, 3.05) is 26.3 Å². The number of rotatable bonds is 9. The van der Waals surface area contributed by atoms with Gasteiger partial charge in [-0.15, -0.1) is 0 Å². The third-order valence-electron chi connectivity index (χ3n) is 6.67. The summed E-state index contributed by atoms with van der Waals surface area (Å²) < 4.78 is 41.4. The molecule has 2 aromatic carbocycles. The number of aryl methyl sites for hydroxylation is 1. The van der Waals surface area contributed by atoms with Crippen molar-refractivity contribution in [1.29, 1.82) is 0 Å². The maximum absolute atomic E-state index is 13.7. The highest BCUT2D eigenvalue weighted by molar-refractivity contribution is 7.89. The Morgan fingerprint density at radius 2 is 1.86 bits per heavy atom. The molecule has 1 fully saturated rings. The average Bonchev–Trinajstić information content (AvgIpc) is 3.32. The van der Waals surface area contributed by atoms with Crippen molar-refractivity contribution in [3.05, 3.63) is 99.5 Å². The number of benzene rings is 2. The number of non-ortho nitro benzene ring substituents is 1. The van der Waals surface area contributed by atoms with Gasteiger partial charge in [-0.1, -0.05) is 23.8 Å². The lowest BCUT2D eigenvalue weighted by molar-refractivity contribution is -0.385. The predicted octanol–water partition coefficient (Wildman–Crippen LogP) is 3.54. The van der Waals surface area contributed by atoms with E-state index in [0.29, 0.717) is 11.3 Å². The van der Waals surface area contributed by atoms with Gasteiger partial charge in [-0.2, -0.15) is 14.1 Å². The average molecular weight is 593 g/mol. The van der Waals surface area contributed by atoms with Crippen LogP contribution in [0.25, 0.3) is 5.69 Å². The van der Waals surface area contributed by atoms with E-state index in [9.17, 15) is 23.3 Å². The minimum atomic E-state index is -4.20. The maximum atomic E-state index is 13.7. The van der Waals surface area contributed by atoms with Crippen molar-refractivity contribution < 1.29 is 27.6 Å². The molecule has 0 saturated carbocycles. The van der Waals surface area contributed by atoms with Crippen LogP contribution in [0.3, 0.4) is 0 Å². The summed E-state index contributed by atoms with van der Waals surface area (Å²) in [4.78, 5) is 27.8. The van der Waals surface area contributed by atoms with Crippen LogP contribution in [0.2, 0.25) is 0 Å². The van der Waals surface area contributed by atoms with E-state index in [1.165, 1.54) is 15.1 Å². The molecule has 4 aromatic rings. The summed E-state index contributed by atoms with van der Waals surface area (Å²) in [6.45, 7) is 4.34. The van der Waals surface area contributed by atoms with E-state index in [1.54, 1.807) is 37.5 Å². The fraction of sp³-hybridized carbons (Fsp3) is 0.250. The van der Waals surface area contributed by atoms with Crippen molar-refractivity contribution in [2.45, 2.75) is 25.3 Å². The van der Waals surface area contributed by atoms with Crippen LogP contribution in [-0.4, -0.2) is 64.6 Å². The molecule has 1 aliphatic heterocycles. The van der Waals surface area contributed by atoms with Gasteiger partial charge in [0.1, 0.15) is 10.6 Å². The zero-order valence-corrected chi connectivity index (χ0v) is 23.7. The van der Waals surface area contributed by atoms with E-state index >= 15 is 0 Å². The van der Waals surface area contributed by atoms with Gasteiger partial charge in [0.25, 0.3) is 11.6 Å². The number of nitrogens with one attached hydrogen (secondary N) is 1. The number of sulfonamides is 1. The minimum absolute atomic E-state index is 0.0639. The molecule has 14 heteroatoms. The normalized spacial score (nSPS) is 14.0. The van der Waals surface area contributed by atoms with Gasteiger partial charge >= 0.3 is 0 Å². The van der Waals surface area contributed by atoms with E-state index in [1.807, 2.05) is 25.1 Å². The molecule has 0 spiro atoms.